The van der Waals surface area contributed by atoms with Crippen molar-refractivity contribution in [2.24, 2.45) is 5.92 Å². The van der Waals surface area contributed by atoms with Crippen molar-refractivity contribution in [3.05, 3.63) is 52.9 Å². The quantitative estimate of drug-likeness (QED) is 0.725. The number of carbonyl (C=O) groups is 1. The Morgan fingerprint density at radius 1 is 1.32 bits per heavy atom. The molecule has 1 saturated carbocycles. The second kappa shape index (κ2) is 5.06. The van der Waals surface area contributed by atoms with Gasteiger partial charge in [-0.3, -0.25) is 4.79 Å². The summed E-state index contributed by atoms with van der Waals surface area (Å²) in [7, 11) is 0. The fraction of sp³-hybridized carbons (Fsp3) is 0.200. The van der Waals surface area contributed by atoms with Gasteiger partial charge in [0.15, 0.2) is 11.6 Å². The van der Waals surface area contributed by atoms with Crippen molar-refractivity contribution in [3.8, 4) is 11.3 Å². The second-order valence-electron chi connectivity index (χ2n) is 5.36. The van der Waals surface area contributed by atoms with Gasteiger partial charge in [0.2, 0.25) is 0 Å². The molecule has 2 heterocycles. The zero-order valence-electron chi connectivity index (χ0n) is 11.5. The highest BCUT2D eigenvalue weighted by Crippen LogP contribution is 2.47. The standard InChI is InChI=1S/C15H12ClN5O/c16-12-6-8(3-4-9(12)13-2-1-5-17-13)14(22)10-7-11(10)15-18-20-21-19-15/h1-6,10-11,17H,7H2,(H,18,19,20,21). The van der Waals surface area contributed by atoms with E-state index in [1.165, 1.54) is 0 Å². The van der Waals surface area contributed by atoms with Gasteiger partial charge in [0.1, 0.15) is 0 Å². The van der Waals surface area contributed by atoms with Crippen LogP contribution >= 0.6 is 11.6 Å². The Balaban J connectivity index is 1.56. The topological polar surface area (TPSA) is 87.3 Å². The number of Topliss-reactive ketones (excluding diaryl/α,β-unsaturated/α-hetero) is 1. The summed E-state index contributed by atoms with van der Waals surface area (Å²) in [5.74, 6) is 0.667. The average Bonchev–Trinajstić information content (AvgIpc) is 2.97. The molecule has 3 aromatic rings. The first-order valence-electron chi connectivity index (χ1n) is 6.95. The van der Waals surface area contributed by atoms with E-state index in [1.54, 1.807) is 6.07 Å². The summed E-state index contributed by atoms with van der Waals surface area (Å²) >= 11 is 6.31. The minimum absolute atomic E-state index is 0.0631. The highest BCUT2D eigenvalue weighted by Gasteiger charge is 2.46. The molecule has 7 heteroatoms. The van der Waals surface area contributed by atoms with Gasteiger partial charge in [-0.25, -0.2) is 0 Å². The lowest BCUT2D eigenvalue weighted by atomic mass is 10.0. The average molecular weight is 314 g/mol. The van der Waals surface area contributed by atoms with E-state index in [1.807, 2.05) is 30.5 Å². The lowest BCUT2D eigenvalue weighted by Gasteiger charge is -2.05. The Bertz CT molecular complexity index is 813. The second-order valence-corrected chi connectivity index (χ2v) is 5.77. The number of hydrogen-bond donors (Lipinski definition) is 2. The van der Waals surface area contributed by atoms with E-state index >= 15 is 0 Å². The van der Waals surface area contributed by atoms with Gasteiger partial charge in [0.05, 0.1) is 5.02 Å². The summed E-state index contributed by atoms with van der Waals surface area (Å²) in [5.41, 5.74) is 2.44. The van der Waals surface area contributed by atoms with Crippen LogP contribution in [0.25, 0.3) is 11.3 Å². The maximum absolute atomic E-state index is 12.5. The minimum Gasteiger partial charge on any atom is -0.361 e. The molecule has 2 N–H and O–H groups in total. The molecule has 6 nitrogen and oxygen atoms in total. The molecule has 1 fully saturated rings. The molecule has 1 aliphatic rings. The Morgan fingerprint density at radius 2 is 2.23 bits per heavy atom. The molecule has 0 spiro atoms. The molecule has 2 aromatic heterocycles. The highest BCUT2D eigenvalue weighted by molar-refractivity contribution is 6.33. The van der Waals surface area contributed by atoms with E-state index in [0.717, 1.165) is 17.7 Å². The van der Waals surface area contributed by atoms with Crippen molar-refractivity contribution in [2.45, 2.75) is 12.3 Å². The molecule has 0 bridgehead atoms. The molecule has 1 aromatic carbocycles. The van der Waals surface area contributed by atoms with Gasteiger partial charge in [-0.15, -0.1) is 10.2 Å². The Labute approximate surface area is 130 Å². The summed E-state index contributed by atoms with van der Waals surface area (Å²) in [6.07, 6.45) is 2.60. The van der Waals surface area contributed by atoms with Crippen molar-refractivity contribution in [1.82, 2.24) is 25.6 Å². The summed E-state index contributed by atoms with van der Waals surface area (Å²) in [6, 6.07) is 9.26. The number of aromatic amines is 2. The van der Waals surface area contributed by atoms with Gasteiger partial charge in [0.25, 0.3) is 0 Å². The molecule has 110 valence electrons. The fourth-order valence-corrected chi connectivity index (χ4v) is 2.98. The first-order valence-corrected chi connectivity index (χ1v) is 7.32. The number of tetrazole rings is 1. The largest absolute Gasteiger partial charge is 0.361 e. The van der Waals surface area contributed by atoms with Gasteiger partial charge < -0.3 is 4.98 Å². The van der Waals surface area contributed by atoms with E-state index in [9.17, 15) is 4.79 Å². The lowest BCUT2D eigenvalue weighted by molar-refractivity contribution is 0.0965. The third-order valence-corrected chi connectivity index (χ3v) is 4.28. The van der Waals surface area contributed by atoms with Crippen molar-refractivity contribution in [3.63, 3.8) is 0 Å². The van der Waals surface area contributed by atoms with Gasteiger partial charge >= 0.3 is 0 Å². The molecular weight excluding hydrogens is 302 g/mol. The molecule has 2 unspecified atom stereocenters. The predicted molar refractivity (Wildman–Crippen MR) is 80.6 cm³/mol. The first kappa shape index (κ1) is 13.2. The predicted octanol–water partition coefficient (Wildman–Crippen LogP) is 2.83. The van der Waals surface area contributed by atoms with Crippen LogP contribution in [-0.2, 0) is 0 Å². The van der Waals surface area contributed by atoms with Crippen molar-refractivity contribution < 1.29 is 4.79 Å². The third kappa shape index (κ3) is 2.21. The minimum atomic E-state index is -0.0787. The van der Waals surface area contributed by atoms with Crippen LogP contribution in [0.2, 0.25) is 5.02 Å². The molecule has 0 amide bonds. The Kier molecular flexibility index (Phi) is 3.04. The number of H-pyrrole nitrogens is 2. The van der Waals surface area contributed by atoms with E-state index in [-0.39, 0.29) is 17.6 Å². The van der Waals surface area contributed by atoms with E-state index in [4.69, 9.17) is 11.6 Å². The number of nitrogens with zero attached hydrogens (tertiary/aromatic N) is 3. The Morgan fingerprint density at radius 3 is 2.91 bits per heavy atom. The number of nitrogens with one attached hydrogen (secondary N) is 2. The van der Waals surface area contributed by atoms with Gasteiger partial charge in [0, 0.05) is 34.9 Å². The monoisotopic (exact) mass is 313 g/mol. The van der Waals surface area contributed by atoms with Crippen molar-refractivity contribution in [1.29, 1.82) is 0 Å². The van der Waals surface area contributed by atoms with E-state index < -0.39 is 0 Å². The molecule has 0 radical (unpaired) electrons. The molecule has 1 aliphatic carbocycles. The van der Waals surface area contributed by atoms with E-state index in [0.29, 0.717) is 16.4 Å². The smallest absolute Gasteiger partial charge is 0.178 e. The van der Waals surface area contributed by atoms with Crippen LogP contribution in [-0.4, -0.2) is 31.4 Å². The normalized spacial score (nSPS) is 20.0. The third-order valence-electron chi connectivity index (χ3n) is 3.96. The van der Waals surface area contributed by atoms with E-state index in [2.05, 4.69) is 25.6 Å². The molecule has 4 rings (SSSR count). The number of benzene rings is 1. The number of hydrogen-bond acceptors (Lipinski definition) is 4. The summed E-state index contributed by atoms with van der Waals surface area (Å²) < 4.78 is 0. The van der Waals surface area contributed by atoms with Crippen LogP contribution in [0.5, 0.6) is 0 Å². The number of carbonyl (C=O) groups excluding carboxylic acids is 1. The Hall–Kier alpha value is -2.47. The number of rotatable bonds is 4. The zero-order valence-corrected chi connectivity index (χ0v) is 12.2. The van der Waals surface area contributed by atoms with Gasteiger partial charge in [-0.05, 0) is 24.6 Å². The summed E-state index contributed by atoms with van der Waals surface area (Å²) in [4.78, 5) is 15.6. The van der Waals surface area contributed by atoms with Crippen LogP contribution in [0.3, 0.4) is 0 Å². The summed E-state index contributed by atoms with van der Waals surface area (Å²) in [5, 5.41) is 14.4. The van der Waals surface area contributed by atoms with Crippen LogP contribution in [0.1, 0.15) is 28.5 Å². The van der Waals surface area contributed by atoms with Crippen LogP contribution in [0, 0.1) is 5.92 Å². The molecule has 0 saturated heterocycles. The number of halogens is 1. The number of ketones is 1. The molecule has 0 aliphatic heterocycles. The summed E-state index contributed by atoms with van der Waals surface area (Å²) in [6.45, 7) is 0. The van der Waals surface area contributed by atoms with Gasteiger partial charge in [-0.2, -0.15) is 5.21 Å². The van der Waals surface area contributed by atoms with Crippen molar-refractivity contribution in [2.75, 3.05) is 0 Å². The number of aromatic nitrogens is 5. The van der Waals surface area contributed by atoms with Crippen LogP contribution < -0.4 is 0 Å². The molecule has 2 atom stereocenters. The van der Waals surface area contributed by atoms with Crippen LogP contribution in [0.4, 0.5) is 0 Å². The highest BCUT2D eigenvalue weighted by atomic mass is 35.5. The van der Waals surface area contributed by atoms with Crippen molar-refractivity contribution >= 4 is 17.4 Å². The first-order chi connectivity index (χ1) is 10.7. The maximum atomic E-state index is 12.5. The zero-order chi connectivity index (χ0) is 15.1. The molecular formula is C15H12ClN5O. The lowest BCUT2D eigenvalue weighted by Crippen LogP contribution is -2.04. The fourth-order valence-electron chi connectivity index (χ4n) is 2.70. The van der Waals surface area contributed by atoms with Crippen LogP contribution in [0.15, 0.2) is 36.5 Å². The maximum Gasteiger partial charge on any atom is 0.178 e. The van der Waals surface area contributed by atoms with Gasteiger partial charge in [-0.1, -0.05) is 28.9 Å². The SMILES string of the molecule is O=C(c1ccc(-c2ccc[nH]2)c(Cl)c1)C1CC1c1nn[nH]n1. The molecule has 22 heavy (non-hydrogen) atoms.